The molecule has 2 heterocycles. The van der Waals surface area contributed by atoms with Crippen molar-refractivity contribution in [3.63, 3.8) is 0 Å². The first kappa shape index (κ1) is 17.5. The predicted octanol–water partition coefficient (Wildman–Crippen LogP) is 2.03. The lowest BCUT2D eigenvalue weighted by Gasteiger charge is -2.07. The Morgan fingerprint density at radius 2 is 1.86 bits per heavy atom. The molecule has 0 atom stereocenters. The fraction of sp³-hybridized carbons (Fsp3) is 0.100. The monoisotopic (exact) mass is 375 g/mol. The molecule has 4 rings (SSSR count). The molecule has 0 bridgehead atoms. The summed E-state index contributed by atoms with van der Waals surface area (Å²) in [6, 6.07) is 14.5. The van der Waals surface area contributed by atoms with E-state index in [9.17, 15) is 14.4 Å². The second-order valence-electron chi connectivity index (χ2n) is 6.47. The van der Waals surface area contributed by atoms with Gasteiger partial charge in [-0.3, -0.25) is 19.1 Å². The van der Waals surface area contributed by atoms with E-state index in [0.29, 0.717) is 5.69 Å². The summed E-state index contributed by atoms with van der Waals surface area (Å²) in [6.45, 7) is 1.83. The van der Waals surface area contributed by atoms with E-state index in [1.807, 2.05) is 37.3 Å². The second kappa shape index (κ2) is 6.99. The van der Waals surface area contributed by atoms with E-state index in [0.717, 1.165) is 32.6 Å². The number of H-pyrrole nitrogens is 2. The van der Waals surface area contributed by atoms with E-state index < -0.39 is 11.2 Å². The first-order valence-electron chi connectivity index (χ1n) is 8.64. The average molecular weight is 375 g/mol. The third-order valence-electron chi connectivity index (χ3n) is 4.29. The van der Waals surface area contributed by atoms with Crippen LogP contribution in [0.3, 0.4) is 0 Å². The maximum absolute atomic E-state index is 12.1. The molecule has 3 N–H and O–H groups in total. The zero-order valence-electron chi connectivity index (χ0n) is 15.0. The largest absolute Gasteiger partial charge is 0.338 e. The summed E-state index contributed by atoms with van der Waals surface area (Å²) in [6.07, 6.45) is 1.28. The topological polar surface area (TPSA) is 113 Å². The van der Waals surface area contributed by atoms with Crippen LogP contribution in [0, 0.1) is 6.92 Å². The van der Waals surface area contributed by atoms with Gasteiger partial charge in [0.15, 0.2) is 0 Å². The summed E-state index contributed by atoms with van der Waals surface area (Å²) in [7, 11) is 0. The van der Waals surface area contributed by atoms with E-state index in [4.69, 9.17) is 0 Å². The van der Waals surface area contributed by atoms with Crippen molar-refractivity contribution in [2.45, 2.75) is 13.5 Å². The minimum atomic E-state index is -0.627. The van der Waals surface area contributed by atoms with Crippen molar-refractivity contribution in [2.75, 3.05) is 5.32 Å². The first-order valence-corrected chi connectivity index (χ1v) is 8.64. The smallest absolute Gasteiger partial charge is 0.328 e. The number of rotatable bonds is 4. The van der Waals surface area contributed by atoms with Crippen molar-refractivity contribution in [1.82, 2.24) is 19.5 Å². The van der Waals surface area contributed by atoms with Gasteiger partial charge in [-0.05, 0) is 48.9 Å². The Morgan fingerprint density at radius 3 is 2.61 bits per heavy atom. The number of fused-ring (bicyclic) bond motifs is 1. The van der Waals surface area contributed by atoms with E-state index in [-0.39, 0.29) is 12.5 Å². The molecular weight excluding hydrogens is 358 g/mol. The molecule has 4 aromatic rings. The third kappa shape index (κ3) is 3.61. The lowest BCUT2D eigenvalue weighted by atomic mass is 10.2. The van der Waals surface area contributed by atoms with Crippen LogP contribution >= 0.6 is 0 Å². The number of imidazole rings is 1. The quantitative estimate of drug-likeness (QED) is 0.506. The van der Waals surface area contributed by atoms with Crippen LogP contribution < -0.4 is 16.6 Å². The van der Waals surface area contributed by atoms with Gasteiger partial charge in [0.25, 0.3) is 5.56 Å². The molecule has 0 fully saturated rings. The van der Waals surface area contributed by atoms with Crippen molar-refractivity contribution < 1.29 is 4.79 Å². The summed E-state index contributed by atoms with van der Waals surface area (Å²) in [5, 5.41) is 2.72. The van der Waals surface area contributed by atoms with Gasteiger partial charge in [-0.25, -0.2) is 9.78 Å². The number of anilines is 1. The van der Waals surface area contributed by atoms with E-state index in [2.05, 4.69) is 20.3 Å². The zero-order valence-corrected chi connectivity index (χ0v) is 15.0. The number of benzene rings is 2. The van der Waals surface area contributed by atoms with Crippen LogP contribution in [0.4, 0.5) is 5.69 Å². The van der Waals surface area contributed by atoms with Gasteiger partial charge in [0.1, 0.15) is 12.4 Å². The molecule has 0 radical (unpaired) electrons. The number of carbonyl (C=O) groups is 1. The number of aryl methyl sites for hydroxylation is 1. The molecule has 28 heavy (non-hydrogen) atoms. The molecule has 140 valence electrons. The molecular formula is C20H17N5O3. The number of carbonyl (C=O) groups excluding carboxylic acids is 1. The van der Waals surface area contributed by atoms with Crippen LogP contribution in [0.1, 0.15) is 5.56 Å². The molecule has 0 saturated heterocycles. The molecule has 0 spiro atoms. The van der Waals surface area contributed by atoms with Crippen LogP contribution in [-0.4, -0.2) is 25.4 Å². The lowest BCUT2D eigenvalue weighted by molar-refractivity contribution is -0.116. The van der Waals surface area contributed by atoms with Gasteiger partial charge in [0.2, 0.25) is 5.91 Å². The molecule has 8 heteroatoms. The summed E-state index contributed by atoms with van der Waals surface area (Å²) in [5.74, 6) is 0.374. The maximum Gasteiger partial charge on any atom is 0.328 e. The van der Waals surface area contributed by atoms with Gasteiger partial charge < -0.3 is 10.3 Å². The number of hydrogen-bond donors (Lipinski definition) is 3. The SMILES string of the molecule is Cc1ccc2nc(-c3ccc(NC(=O)Cn4ccc(=O)[nH]c4=O)cc3)[nH]c2c1. The highest BCUT2D eigenvalue weighted by molar-refractivity contribution is 5.90. The first-order chi connectivity index (χ1) is 13.5. The van der Waals surface area contributed by atoms with Gasteiger partial charge >= 0.3 is 5.69 Å². The molecule has 0 aliphatic rings. The van der Waals surface area contributed by atoms with Crippen molar-refractivity contribution in [3.8, 4) is 11.4 Å². The highest BCUT2D eigenvalue weighted by Gasteiger charge is 2.08. The molecule has 1 amide bonds. The Morgan fingerprint density at radius 1 is 1.07 bits per heavy atom. The van der Waals surface area contributed by atoms with Gasteiger partial charge in [-0.2, -0.15) is 0 Å². The number of hydrogen-bond acceptors (Lipinski definition) is 4. The highest BCUT2D eigenvalue weighted by atomic mass is 16.2. The highest BCUT2D eigenvalue weighted by Crippen LogP contribution is 2.22. The number of aromatic nitrogens is 4. The molecule has 2 aromatic heterocycles. The normalized spacial score (nSPS) is 10.9. The Kier molecular flexibility index (Phi) is 4.36. The summed E-state index contributed by atoms with van der Waals surface area (Å²) >= 11 is 0. The van der Waals surface area contributed by atoms with Crippen molar-refractivity contribution in [2.24, 2.45) is 0 Å². The summed E-state index contributed by atoms with van der Waals surface area (Å²) in [4.78, 5) is 44.8. The van der Waals surface area contributed by atoms with Crippen LogP contribution in [-0.2, 0) is 11.3 Å². The molecule has 0 saturated carbocycles. The van der Waals surface area contributed by atoms with Crippen LogP contribution in [0.2, 0.25) is 0 Å². The minimum Gasteiger partial charge on any atom is -0.338 e. The minimum absolute atomic E-state index is 0.194. The Hall–Kier alpha value is -3.94. The fourth-order valence-electron chi connectivity index (χ4n) is 2.90. The van der Waals surface area contributed by atoms with Crippen molar-refractivity contribution in [3.05, 3.63) is 81.1 Å². The van der Waals surface area contributed by atoms with Crippen LogP contribution in [0.25, 0.3) is 22.4 Å². The second-order valence-corrected chi connectivity index (χ2v) is 6.47. The zero-order chi connectivity index (χ0) is 19.7. The Labute approximate surface area is 158 Å². The van der Waals surface area contributed by atoms with Gasteiger partial charge in [-0.1, -0.05) is 6.07 Å². The lowest BCUT2D eigenvalue weighted by Crippen LogP contribution is -2.32. The summed E-state index contributed by atoms with van der Waals surface area (Å²) in [5.41, 5.74) is 3.38. The average Bonchev–Trinajstić information content (AvgIpc) is 3.08. The number of amides is 1. The van der Waals surface area contributed by atoms with Crippen molar-refractivity contribution in [1.29, 1.82) is 0 Å². The number of aromatic amines is 2. The van der Waals surface area contributed by atoms with Gasteiger partial charge in [0.05, 0.1) is 11.0 Å². The molecule has 0 aliphatic heterocycles. The molecule has 2 aromatic carbocycles. The van der Waals surface area contributed by atoms with Crippen molar-refractivity contribution >= 4 is 22.6 Å². The summed E-state index contributed by atoms with van der Waals surface area (Å²) < 4.78 is 1.13. The number of nitrogens with zero attached hydrogens (tertiary/aromatic N) is 2. The van der Waals surface area contributed by atoms with E-state index in [1.165, 1.54) is 12.3 Å². The van der Waals surface area contributed by atoms with E-state index >= 15 is 0 Å². The fourth-order valence-corrected chi connectivity index (χ4v) is 2.90. The number of nitrogens with one attached hydrogen (secondary N) is 3. The molecule has 0 aliphatic carbocycles. The predicted molar refractivity (Wildman–Crippen MR) is 106 cm³/mol. The standard InChI is InChI=1S/C20H17N5O3/c1-12-2-7-15-16(10-12)23-19(22-15)13-3-5-14(6-4-13)21-18(27)11-25-9-8-17(26)24-20(25)28/h2-10H,11H2,1H3,(H,21,27)(H,22,23)(H,24,26,28). The Bertz CT molecular complexity index is 1280. The molecule has 8 nitrogen and oxygen atoms in total. The van der Waals surface area contributed by atoms with Crippen LogP contribution in [0.5, 0.6) is 0 Å². The van der Waals surface area contributed by atoms with E-state index in [1.54, 1.807) is 12.1 Å². The molecule has 0 unspecified atom stereocenters. The van der Waals surface area contributed by atoms with Gasteiger partial charge in [-0.15, -0.1) is 0 Å². The Balaban J connectivity index is 1.48. The van der Waals surface area contributed by atoms with Gasteiger partial charge in [0, 0.05) is 23.5 Å². The van der Waals surface area contributed by atoms with Crippen LogP contribution in [0.15, 0.2) is 64.3 Å². The maximum atomic E-state index is 12.1. The third-order valence-corrected chi connectivity index (χ3v) is 4.29.